The minimum atomic E-state index is 0.574. The molecule has 0 amide bonds. The lowest BCUT2D eigenvalue weighted by Gasteiger charge is -2.35. The van der Waals surface area contributed by atoms with Crippen LogP contribution in [0.25, 0.3) is 5.57 Å². The third kappa shape index (κ3) is 5.93. The van der Waals surface area contributed by atoms with Crippen molar-refractivity contribution >= 4 is 11.4 Å². The van der Waals surface area contributed by atoms with Gasteiger partial charge in [0.1, 0.15) is 11.9 Å². The number of piperazine rings is 1. The minimum absolute atomic E-state index is 0.574. The van der Waals surface area contributed by atoms with E-state index in [2.05, 4.69) is 61.6 Å². The van der Waals surface area contributed by atoms with Crippen molar-refractivity contribution in [3.8, 4) is 11.9 Å². The van der Waals surface area contributed by atoms with E-state index >= 15 is 0 Å². The van der Waals surface area contributed by atoms with E-state index in [9.17, 15) is 5.26 Å². The Morgan fingerprint density at radius 1 is 1.11 bits per heavy atom. The number of rotatable bonds is 8. The van der Waals surface area contributed by atoms with E-state index in [4.69, 9.17) is 9.72 Å². The molecule has 3 aromatic rings. The summed E-state index contributed by atoms with van der Waals surface area (Å²) < 4.78 is 6.94. The fourth-order valence-electron chi connectivity index (χ4n) is 5.03. The molecule has 0 unspecified atom stereocenters. The summed E-state index contributed by atoms with van der Waals surface area (Å²) in [7, 11) is 3.52. The maximum atomic E-state index is 9.71. The van der Waals surface area contributed by atoms with Gasteiger partial charge >= 0.3 is 0 Å². The third-order valence-electron chi connectivity index (χ3n) is 7.21. The molecular weight excluding hydrogens is 476 g/mol. The van der Waals surface area contributed by atoms with Crippen molar-refractivity contribution < 1.29 is 4.74 Å². The number of methoxy groups -OCH3 is 1. The van der Waals surface area contributed by atoms with Crippen LogP contribution in [0.5, 0.6) is 5.88 Å². The molecule has 3 aromatic heterocycles. The van der Waals surface area contributed by atoms with E-state index in [0.717, 1.165) is 81.3 Å². The van der Waals surface area contributed by atoms with Crippen molar-refractivity contribution in [3.63, 3.8) is 0 Å². The Morgan fingerprint density at radius 3 is 2.63 bits per heavy atom. The molecular formula is C29H34N8O. The van der Waals surface area contributed by atoms with Crippen LogP contribution in [0.4, 0.5) is 5.82 Å². The fraction of sp³-hybridized carbons (Fsp3) is 0.379. The molecule has 1 N–H and O–H groups in total. The third-order valence-corrected chi connectivity index (χ3v) is 7.21. The molecule has 2 aliphatic heterocycles. The summed E-state index contributed by atoms with van der Waals surface area (Å²) >= 11 is 0. The largest absolute Gasteiger partial charge is 0.481 e. The first-order chi connectivity index (χ1) is 18.6. The lowest BCUT2D eigenvalue weighted by molar-refractivity contribution is 0.249. The topological polar surface area (TPSA) is 95.1 Å². The number of nitrogens with zero attached hydrogens (tertiary/aromatic N) is 7. The van der Waals surface area contributed by atoms with Gasteiger partial charge in [0.25, 0.3) is 0 Å². The van der Waals surface area contributed by atoms with Crippen LogP contribution in [0.1, 0.15) is 35.2 Å². The molecule has 9 nitrogen and oxygen atoms in total. The molecule has 2 aliphatic rings. The second-order valence-electron chi connectivity index (χ2n) is 9.66. The van der Waals surface area contributed by atoms with Gasteiger partial charge in [-0.2, -0.15) is 10.4 Å². The van der Waals surface area contributed by atoms with Gasteiger partial charge < -0.3 is 15.0 Å². The van der Waals surface area contributed by atoms with Crippen molar-refractivity contribution in [2.75, 3.05) is 51.3 Å². The van der Waals surface area contributed by atoms with E-state index in [1.54, 1.807) is 18.0 Å². The van der Waals surface area contributed by atoms with Crippen molar-refractivity contribution in [3.05, 3.63) is 83.0 Å². The highest BCUT2D eigenvalue weighted by molar-refractivity contribution is 5.81. The van der Waals surface area contributed by atoms with Crippen LogP contribution in [0.15, 0.2) is 60.6 Å². The first-order valence-electron chi connectivity index (χ1n) is 13.1. The van der Waals surface area contributed by atoms with Gasteiger partial charge in [-0.05, 0) is 37.1 Å². The lowest BCUT2D eigenvalue weighted by atomic mass is 9.97. The number of nitriles is 1. The first kappa shape index (κ1) is 25.6. The Hall–Kier alpha value is -4.00. The summed E-state index contributed by atoms with van der Waals surface area (Å²) in [6.45, 7) is 6.56. The van der Waals surface area contributed by atoms with Gasteiger partial charge in [0.2, 0.25) is 5.88 Å². The van der Waals surface area contributed by atoms with Crippen LogP contribution in [-0.2, 0) is 13.6 Å². The number of anilines is 1. The number of allylic oxidation sites excluding steroid dienone is 1. The van der Waals surface area contributed by atoms with Crippen LogP contribution < -0.4 is 15.0 Å². The van der Waals surface area contributed by atoms with Crippen LogP contribution in [0.2, 0.25) is 0 Å². The van der Waals surface area contributed by atoms with Crippen molar-refractivity contribution in [2.24, 2.45) is 7.05 Å². The number of pyridine rings is 2. The van der Waals surface area contributed by atoms with Gasteiger partial charge in [0.15, 0.2) is 0 Å². The normalized spacial score (nSPS) is 16.7. The SMILES string of the molecule is COc1ccc(CN2CCN(c3ccc(/C(=C/CC4=CCNCC4)c4c(C#N)cnn4C)cn3)CC2)cn1. The molecule has 0 spiro atoms. The second-order valence-corrected chi connectivity index (χ2v) is 9.66. The van der Waals surface area contributed by atoms with Gasteiger partial charge in [-0.3, -0.25) is 9.58 Å². The number of ether oxygens (including phenoxy) is 1. The summed E-state index contributed by atoms with van der Waals surface area (Å²) in [4.78, 5) is 13.9. The molecule has 9 heteroatoms. The van der Waals surface area contributed by atoms with E-state index in [0.29, 0.717) is 11.4 Å². The molecule has 5 heterocycles. The Kier molecular flexibility index (Phi) is 8.12. The van der Waals surface area contributed by atoms with Crippen molar-refractivity contribution in [2.45, 2.75) is 19.4 Å². The molecule has 38 heavy (non-hydrogen) atoms. The zero-order valence-electron chi connectivity index (χ0n) is 22.1. The maximum Gasteiger partial charge on any atom is 0.212 e. The lowest BCUT2D eigenvalue weighted by Crippen LogP contribution is -2.46. The molecule has 0 atom stereocenters. The summed E-state index contributed by atoms with van der Waals surface area (Å²) in [6.07, 6.45) is 11.8. The predicted molar refractivity (Wildman–Crippen MR) is 148 cm³/mol. The van der Waals surface area contributed by atoms with Gasteiger partial charge in [-0.1, -0.05) is 23.8 Å². The highest BCUT2D eigenvalue weighted by Crippen LogP contribution is 2.28. The van der Waals surface area contributed by atoms with Crippen LogP contribution in [0.3, 0.4) is 0 Å². The number of hydrogen-bond donors (Lipinski definition) is 1. The van der Waals surface area contributed by atoms with Crippen LogP contribution in [0, 0.1) is 11.3 Å². The smallest absolute Gasteiger partial charge is 0.212 e. The molecule has 0 aliphatic carbocycles. The van der Waals surface area contributed by atoms with E-state index in [1.165, 1.54) is 11.1 Å². The molecule has 0 radical (unpaired) electrons. The highest BCUT2D eigenvalue weighted by atomic mass is 16.5. The number of aryl methyl sites for hydroxylation is 1. The predicted octanol–water partition coefficient (Wildman–Crippen LogP) is 3.15. The van der Waals surface area contributed by atoms with E-state index in [1.807, 2.05) is 25.5 Å². The average molecular weight is 511 g/mol. The van der Waals surface area contributed by atoms with E-state index < -0.39 is 0 Å². The van der Waals surface area contributed by atoms with E-state index in [-0.39, 0.29) is 0 Å². The van der Waals surface area contributed by atoms with Crippen LogP contribution in [-0.4, -0.2) is 71.0 Å². The van der Waals surface area contributed by atoms with Crippen LogP contribution >= 0.6 is 0 Å². The average Bonchev–Trinajstić information content (AvgIpc) is 3.35. The quantitative estimate of drug-likeness (QED) is 0.462. The number of hydrogen-bond acceptors (Lipinski definition) is 8. The van der Waals surface area contributed by atoms with Crippen molar-refractivity contribution in [1.82, 2.24) is 30.0 Å². The Labute approximate surface area is 224 Å². The zero-order chi connectivity index (χ0) is 26.3. The van der Waals surface area contributed by atoms with Gasteiger partial charge in [-0.25, -0.2) is 9.97 Å². The molecule has 1 saturated heterocycles. The Balaban J connectivity index is 1.28. The summed E-state index contributed by atoms with van der Waals surface area (Å²) in [5.41, 5.74) is 6.00. The molecule has 5 rings (SSSR count). The number of nitrogens with one attached hydrogen (secondary N) is 1. The monoisotopic (exact) mass is 510 g/mol. The number of aromatic nitrogens is 4. The van der Waals surface area contributed by atoms with Crippen molar-refractivity contribution in [1.29, 1.82) is 5.26 Å². The van der Waals surface area contributed by atoms with Gasteiger partial charge in [-0.15, -0.1) is 0 Å². The zero-order valence-corrected chi connectivity index (χ0v) is 22.1. The molecule has 0 saturated carbocycles. The van der Waals surface area contributed by atoms with Gasteiger partial charge in [0, 0.05) is 75.9 Å². The summed E-state index contributed by atoms with van der Waals surface area (Å²) in [5, 5.41) is 17.4. The Bertz CT molecular complexity index is 1330. The maximum absolute atomic E-state index is 9.71. The second kappa shape index (κ2) is 12.0. The summed E-state index contributed by atoms with van der Waals surface area (Å²) in [6, 6.07) is 10.5. The molecule has 0 aromatic carbocycles. The summed E-state index contributed by atoms with van der Waals surface area (Å²) in [5.74, 6) is 1.62. The Morgan fingerprint density at radius 2 is 1.97 bits per heavy atom. The van der Waals surface area contributed by atoms with Gasteiger partial charge in [0.05, 0.1) is 24.6 Å². The fourth-order valence-corrected chi connectivity index (χ4v) is 5.03. The molecule has 1 fully saturated rings. The highest BCUT2D eigenvalue weighted by Gasteiger charge is 2.20. The standard InChI is InChI=1S/C29H34N8O/c1-35-29(25(17-30)20-34-35)26(6-3-22-9-11-31-12-10-22)24-5-7-27(32-19-24)37-15-13-36(14-16-37)21-23-4-8-28(38-2)33-18-23/h4-9,18-20,31H,3,10-16,21H2,1-2H3/b26-6-. The molecule has 0 bridgehead atoms. The minimum Gasteiger partial charge on any atom is -0.481 e. The molecule has 196 valence electrons. The first-order valence-corrected chi connectivity index (χ1v) is 13.1.